The summed E-state index contributed by atoms with van der Waals surface area (Å²) in [6.45, 7) is 3.47. The molecule has 1 atom stereocenters. The second-order valence-electron chi connectivity index (χ2n) is 6.11. The number of hydrogen-bond donors (Lipinski definition) is 1. The van der Waals surface area contributed by atoms with E-state index in [1.807, 2.05) is 0 Å². The average molecular weight is 358 g/mol. The maximum Gasteiger partial charge on any atom is 0.166 e. The van der Waals surface area contributed by atoms with Crippen molar-refractivity contribution in [3.8, 4) is 11.5 Å². The first kappa shape index (κ1) is 18.4. The highest BCUT2D eigenvalue weighted by molar-refractivity contribution is 5.84. The predicted octanol–water partition coefficient (Wildman–Crippen LogP) is 3.03. The Labute approximate surface area is 152 Å². The fourth-order valence-electron chi connectivity index (χ4n) is 3.06. The van der Waals surface area contributed by atoms with E-state index in [0.29, 0.717) is 31.1 Å². The lowest BCUT2D eigenvalue weighted by Crippen LogP contribution is -2.40. The van der Waals surface area contributed by atoms with Crippen LogP contribution in [-0.4, -0.2) is 56.2 Å². The minimum absolute atomic E-state index is 0.0310. The van der Waals surface area contributed by atoms with Crippen LogP contribution in [0.5, 0.6) is 11.5 Å². The first-order valence-corrected chi connectivity index (χ1v) is 8.62. The molecule has 1 N–H and O–H groups in total. The van der Waals surface area contributed by atoms with Gasteiger partial charge in [0.25, 0.3) is 0 Å². The standard InChI is InChI=1S/C20H23FN2O3/c1-25-19-4-2-3-16(20(19)24)13-22-14-18(23-9-11-26-12-10-23)15-5-7-17(21)8-6-15/h2-8,13,18,24H,9-12,14H2,1H3/t18-/m1/s1. The first-order valence-electron chi connectivity index (χ1n) is 8.62. The lowest BCUT2D eigenvalue weighted by Gasteiger charge is -2.34. The molecule has 2 aromatic rings. The monoisotopic (exact) mass is 358 g/mol. The fraction of sp³-hybridized carbons (Fsp3) is 0.350. The van der Waals surface area contributed by atoms with Gasteiger partial charge < -0.3 is 14.6 Å². The third-order valence-corrected chi connectivity index (χ3v) is 4.50. The second kappa shape index (κ2) is 8.78. The van der Waals surface area contributed by atoms with Crippen LogP contribution in [0.2, 0.25) is 0 Å². The summed E-state index contributed by atoms with van der Waals surface area (Å²) in [5.41, 5.74) is 1.62. The van der Waals surface area contributed by atoms with Gasteiger partial charge in [-0.15, -0.1) is 0 Å². The number of benzene rings is 2. The minimum Gasteiger partial charge on any atom is -0.504 e. The Kier molecular flexibility index (Phi) is 6.20. The van der Waals surface area contributed by atoms with E-state index in [1.165, 1.54) is 19.2 Å². The number of rotatable bonds is 6. The zero-order valence-electron chi connectivity index (χ0n) is 14.8. The first-order chi connectivity index (χ1) is 12.7. The van der Waals surface area contributed by atoms with Gasteiger partial charge in [0.2, 0.25) is 0 Å². The van der Waals surface area contributed by atoms with E-state index in [1.54, 1.807) is 36.5 Å². The molecule has 0 bridgehead atoms. The number of hydrogen-bond acceptors (Lipinski definition) is 5. The molecule has 2 aromatic carbocycles. The molecule has 0 aliphatic carbocycles. The number of methoxy groups -OCH3 is 1. The van der Waals surface area contributed by atoms with Gasteiger partial charge in [0.05, 0.1) is 32.9 Å². The summed E-state index contributed by atoms with van der Waals surface area (Å²) in [5.74, 6) is 0.236. The van der Waals surface area contributed by atoms with E-state index in [4.69, 9.17) is 9.47 Å². The van der Waals surface area contributed by atoms with E-state index in [2.05, 4.69) is 9.89 Å². The van der Waals surface area contributed by atoms with E-state index >= 15 is 0 Å². The predicted molar refractivity (Wildman–Crippen MR) is 98.7 cm³/mol. The maximum atomic E-state index is 13.3. The summed E-state index contributed by atoms with van der Waals surface area (Å²) in [6, 6.07) is 11.9. The summed E-state index contributed by atoms with van der Waals surface area (Å²) in [4.78, 5) is 6.83. The van der Waals surface area contributed by atoms with Crippen LogP contribution in [0.3, 0.4) is 0 Å². The van der Waals surface area contributed by atoms with Crippen LogP contribution in [0.4, 0.5) is 4.39 Å². The molecule has 3 rings (SSSR count). The lowest BCUT2D eigenvalue weighted by atomic mass is 10.0. The number of phenolic OH excluding ortho intramolecular Hbond substituents is 1. The number of ether oxygens (including phenoxy) is 2. The third-order valence-electron chi connectivity index (χ3n) is 4.50. The number of nitrogens with zero attached hydrogens (tertiary/aromatic N) is 2. The molecule has 1 aliphatic heterocycles. The van der Waals surface area contributed by atoms with Crippen molar-refractivity contribution in [3.05, 3.63) is 59.4 Å². The summed E-state index contributed by atoms with van der Waals surface area (Å²) >= 11 is 0. The van der Waals surface area contributed by atoms with Crippen molar-refractivity contribution in [2.45, 2.75) is 6.04 Å². The van der Waals surface area contributed by atoms with E-state index in [9.17, 15) is 9.50 Å². The summed E-state index contributed by atoms with van der Waals surface area (Å²) in [5, 5.41) is 10.2. The van der Waals surface area contributed by atoms with Crippen molar-refractivity contribution in [3.63, 3.8) is 0 Å². The van der Waals surface area contributed by atoms with E-state index < -0.39 is 0 Å². The zero-order chi connectivity index (χ0) is 18.4. The SMILES string of the molecule is COc1cccc(C=NC[C@H](c2ccc(F)cc2)N2CCOCC2)c1O. The molecule has 5 nitrogen and oxygen atoms in total. The molecule has 0 saturated carbocycles. The van der Waals surface area contributed by atoms with Crippen molar-refractivity contribution >= 4 is 6.21 Å². The molecule has 6 heteroatoms. The molecule has 0 aromatic heterocycles. The molecule has 0 radical (unpaired) electrons. The highest BCUT2D eigenvalue weighted by atomic mass is 19.1. The van der Waals surface area contributed by atoms with Crippen LogP contribution in [0.25, 0.3) is 0 Å². The molecule has 1 saturated heterocycles. The second-order valence-corrected chi connectivity index (χ2v) is 6.11. The van der Waals surface area contributed by atoms with Gasteiger partial charge in [-0.05, 0) is 29.8 Å². The van der Waals surface area contributed by atoms with Gasteiger partial charge >= 0.3 is 0 Å². The molecule has 0 spiro atoms. The Morgan fingerprint density at radius 2 is 1.96 bits per heavy atom. The van der Waals surface area contributed by atoms with E-state index in [0.717, 1.165) is 18.7 Å². The zero-order valence-corrected chi connectivity index (χ0v) is 14.8. The van der Waals surface area contributed by atoms with Crippen molar-refractivity contribution in [2.24, 2.45) is 4.99 Å². The van der Waals surface area contributed by atoms with Gasteiger partial charge in [-0.3, -0.25) is 9.89 Å². The summed E-state index contributed by atoms with van der Waals surface area (Å²) < 4.78 is 23.8. The molecule has 1 aliphatic rings. The minimum atomic E-state index is -0.251. The third kappa shape index (κ3) is 4.39. The Balaban J connectivity index is 1.78. The summed E-state index contributed by atoms with van der Waals surface area (Å²) in [7, 11) is 1.51. The van der Waals surface area contributed by atoms with Gasteiger partial charge in [-0.1, -0.05) is 18.2 Å². The van der Waals surface area contributed by atoms with Crippen LogP contribution in [0.1, 0.15) is 17.2 Å². The van der Waals surface area contributed by atoms with Crippen LogP contribution in [-0.2, 0) is 4.74 Å². The fourth-order valence-corrected chi connectivity index (χ4v) is 3.06. The number of halogens is 1. The number of morpholine rings is 1. The van der Waals surface area contributed by atoms with Crippen molar-refractivity contribution in [2.75, 3.05) is 40.0 Å². The highest BCUT2D eigenvalue weighted by Gasteiger charge is 2.22. The van der Waals surface area contributed by atoms with Gasteiger partial charge in [0.15, 0.2) is 11.5 Å². The van der Waals surface area contributed by atoms with Crippen LogP contribution in [0, 0.1) is 5.82 Å². The topological polar surface area (TPSA) is 54.3 Å². The van der Waals surface area contributed by atoms with Crippen LogP contribution < -0.4 is 4.74 Å². The van der Waals surface area contributed by atoms with Gasteiger partial charge in [-0.25, -0.2) is 4.39 Å². The molecular weight excluding hydrogens is 335 g/mol. The maximum absolute atomic E-state index is 13.3. The van der Waals surface area contributed by atoms with Gasteiger partial charge in [0.1, 0.15) is 5.82 Å². The normalized spacial score (nSPS) is 16.7. The molecule has 0 unspecified atom stereocenters. The Morgan fingerprint density at radius 3 is 2.65 bits per heavy atom. The van der Waals surface area contributed by atoms with Crippen molar-refractivity contribution in [1.82, 2.24) is 4.90 Å². The van der Waals surface area contributed by atoms with Gasteiger partial charge in [-0.2, -0.15) is 0 Å². The summed E-state index contributed by atoms with van der Waals surface area (Å²) in [6.07, 6.45) is 1.65. The molecular formula is C20H23FN2O3. The number of aromatic hydroxyl groups is 1. The Bertz CT molecular complexity index is 743. The van der Waals surface area contributed by atoms with Gasteiger partial charge in [0, 0.05) is 24.9 Å². The average Bonchev–Trinajstić information content (AvgIpc) is 2.68. The molecule has 0 amide bonds. The van der Waals surface area contributed by atoms with Crippen molar-refractivity contribution < 1.29 is 19.0 Å². The Hall–Kier alpha value is -2.44. The van der Waals surface area contributed by atoms with Crippen LogP contribution in [0.15, 0.2) is 47.5 Å². The highest BCUT2D eigenvalue weighted by Crippen LogP contribution is 2.28. The Morgan fingerprint density at radius 1 is 1.23 bits per heavy atom. The number of para-hydroxylation sites is 1. The van der Waals surface area contributed by atoms with E-state index in [-0.39, 0.29) is 17.6 Å². The molecule has 138 valence electrons. The smallest absolute Gasteiger partial charge is 0.166 e. The quantitative estimate of drug-likeness (QED) is 0.807. The number of phenols is 1. The molecule has 1 fully saturated rings. The number of aliphatic imine (C=N–C) groups is 1. The molecule has 26 heavy (non-hydrogen) atoms. The van der Waals surface area contributed by atoms with Crippen LogP contribution >= 0.6 is 0 Å². The van der Waals surface area contributed by atoms with Crippen molar-refractivity contribution in [1.29, 1.82) is 0 Å². The molecule has 1 heterocycles. The lowest BCUT2D eigenvalue weighted by molar-refractivity contribution is 0.0180. The largest absolute Gasteiger partial charge is 0.504 e.